The zero-order valence-corrected chi connectivity index (χ0v) is 20.1. The van der Waals surface area contributed by atoms with Crippen LogP contribution in [-0.4, -0.2) is 19.7 Å². The summed E-state index contributed by atoms with van der Waals surface area (Å²) in [5.41, 5.74) is 7.18. The second-order valence-electron chi connectivity index (χ2n) is 8.63. The Morgan fingerprint density at radius 1 is 0.941 bits per heavy atom. The van der Waals surface area contributed by atoms with Crippen molar-refractivity contribution in [2.45, 2.75) is 34.2 Å². The summed E-state index contributed by atoms with van der Waals surface area (Å²) in [6, 6.07) is 15.1. The fourth-order valence-corrected chi connectivity index (χ4v) is 4.44. The Kier molecular flexibility index (Phi) is 5.54. The lowest BCUT2D eigenvalue weighted by molar-refractivity contribution is 0.431. The van der Waals surface area contributed by atoms with E-state index in [1.165, 1.54) is 22.3 Å². The molecule has 0 unspecified atom stereocenters. The van der Waals surface area contributed by atoms with E-state index in [9.17, 15) is 4.79 Å². The van der Waals surface area contributed by atoms with Crippen LogP contribution in [0.1, 0.15) is 27.9 Å². The van der Waals surface area contributed by atoms with Crippen molar-refractivity contribution < 1.29 is 4.52 Å². The summed E-state index contributed by atoms with van der Waals surface area (Å²) in [5.74, 6) is 0.563. The molecule has 2 aromatic carbocycles. The van der Waals surface area contributed by atoms with Gasteiger partial charge in [-0.25, -0.2) is 4.98 Å². The van der Waals surface area contributed by atoms with Gasteiger partial charge in [0.25, 0.3) is 5.89 Å². The largest absolute Gasteiger partial charge is 0.333 e. The standard InChI is InChI=1S/C27H23ClN4O2/c1-15-11-16(2)22(17(3)12-15)13-32-14-23(24(33)21-10-5-18(4)29-26(21)32)27-30-25(31-34-27)19-6-8-20(28)9-7-19/h5-12,14H,13H2,1-4H3. The summed E-state index contributed by atoms with van der Waals surface area (Å²) in [4.78, 5) is 22.6. The molecule has 3 aromatic heterocycles. The van der Waals surface area contributed by atoms with Gasteiger partial charge in [-0.15, -0.1) is 0 Å². The molecule has 0 amide bonds. The summed E-state index contributed by atoms with van der Waals surface area (Å²) in [6.45, 7) is 8.79. The number of aryl methyl sites for hydroxylation is 4. The number of aromatic nitrogens is 4. The number of hydrogen-bond donors (Lipinski definition) is 0. The quantitative estimate of drug-likeness (QED) is 0.319. The van der Waals surface area contributed by atoms with E-state index in [-0.39, 0.29) is 11.3 Å². The minimum atomic E-state index is -0.192. The van der Waals surface area contributed by atoms with E-state index in [0.29, 0.717) is 34.0 Å². The van der Waals surface area contributed by atoms with Crippen molar-refractivity contribution >= 4 is 22.6 Å². The van der Waals surface area contributed by atoms with Crippen LogP contribution < -0.4 is 5.43 Å². The maximum atomic E-state index is 13.4. The number of benzene rings is 2. The zero-order chi connectivity index (χ0) is 24.0. The SMILES string of the molecule is Cc1cc(C)c(Cn2cc(-c3nc(-c4ccc(Cl)cc4)no3)c(=O)c3ccc(C)nc32)c(C)c1. The summed E-state index contributed by atoms with van der Waals surface area (Å²) >= 11 is 5.99. The average Bonchev–Trinajstić information content (AvgIpc) is 3.28. The molecule has 0 saturated heterocycles. The van der Waals surface area contributed by atoms with Gasteiger partial charge in [0.1, 0.15) is 11.2 Å². The van der Waals surface area contributed by atoms with E-state index in [2.05, 4.69) is 48.0 Å². The fraction of sp³-hybridized carbons (Fsp3) is 0.185. The molecule has 0 aliphatic rings. The van der Waals surface area contributed by atoms with Gasteiger partial charge in [0.05, 0.1) is 5.39 Å². The van der Waals surface area contributed by atoms with Crippen LogP contribution in [0.25, 0.3) is 33.9 Å². The minimum Gasteiger partial charge on any atom is -0.333 e. The van der Waals surface area contributed by atoms with Gasteiger partial charge in [0.15, 0.2) is 0 Å². The van der Waals surface area contributed by atoms with Crippen LogP contribution in [0.2, 0.25) is 5.02 Å². The number of pyridine rings is 2. The molecule has 0 radical (unpaired) electrons. The summed E-state index contributed by atoms with van der Waals surface area (Å²) in [5, 5.41) is 5.22. The minimum absolute atomic E-state index is 0.170. The van der Waals surface area contributed by atoms with Gasteiger partial charge in [-0.05, 0) is 80.8 Å². The second kappa shape index (κ2) is 8.54. The molecule has 6 nitrogen and oxygen atoms in total. The number of nitrogens with zero attached hydrogens (tertiary/aromatic N) is 4. The third-order valence-electron chi connectivity index (χ3n) is 5.99. The van der Waals surface area contributed by atoms with Crippen molar-refractivity contribution in [3.63, 3.8) is 0 Å². The van der Waals surface area contributed by atoms with Gasteiger partial charge in [-0.2, -0.15) is 4.98 Å². The molecule has 0 saturated carbocycles. The number of halogens is 1. The lowest BCUT2D eigenvalue weighted by Gasteiger charge is -2.16. The number of fused-ring (bicyclic) bond motifs is 1. The smallest absolute Gasteiger partial charge is 0.263 e. The molecule has 0 atom stereocenters. The summed E-state index contributed by atoms with van der Waals surface area (Å²) in [6.07, 6.45) is 1.77. The Morgan fingerprint density at radius 3 is 2.35 bits per heavy atom. The summed E-state index contributed by atoms with van der Waals surface area (Å²) < 4.78 is 7.53. The van der Waals surface area contributed by atoms with E-state index < -0.39 is 0 Å². The van der Waals surface area contributed by atoms with E-state index in [4.69, 9.17) is 16.1 Å². The number of hydrogen-bond acceptors (Lipinski definition) is 5. The summed E-state index contributed by atoms with van der Waals surface area (Å²) in [7, 11) is 0. The molecule has 0 aliphatic heterocycles. The van der Waals surface area contributed by atoms with Crippen LogP contribution in [0.15, 0.2) is 64.0 Å². The van der Waals surface area contributed by atoms with Gasteiger partial charge in [-0.1, -0.05) is 34.5 Å². The van der Waals surface area contributed by atoms with Crippen molar-refractivity contribution in [1.29, 1.82) is 0 Å². The molecule has 0 fully saturated rings. The molecule has 5 aromatic rings. The Hall–Kier alpha value is -3.77. The lowest BCUT2D eigenvalue weighted by Crippen LogP contribution is -2.15. The Labute approximate surface area is 201 Å². The van der Waals surface area contributed by atoms with E-state index in [1.807, 2.05) is 35.8 Å². The monoisotopic (exact) mass is 470 g/mol. The van der Waals surface area contributed by atoms with Crippen LogP contribution in [0.3, 0.4) is 0 Å². The highest BCUT2D eigenvalue weighted by atomic mass is 35.5. The molecular formula is C27H23ClN4O2. The van der Waals surface area contributed by atoms with Gasteiger partial charge in [0, 0.05) is 29.0 Å². The van der Waals surface area contributed by atoms with Gasteiger partial charge in [0.2, 0.25) is 11.3 Å². The van der Waals surface area contributed by atoms with Gasteiger partial charge >= 0.3 is 0 Å². The first-order valence-electron chi connectivity index (χ1n) is 11.0. The molecule has 7 heteroatoms. The first kappa shape index (κ1) is 22.0. The van der Waals surface area contributed by atoms with Crippen molar-refractivity contribution in [1.82, 2.24) is 19.7 Å². The highest BCUT2D eigenvalue weighted by Crippen LogP contribution is 2.25. The first-order valence-corrected chi connectivity index (χ1v) is 11.4. The van der Waals surface area contributed by atoms with Crippen molar-refractivity contribution in [3.05, 3.63) is 97.9 Å². The Bertz CT molecular complexity index is 1580. The maximum absolute atomic E-state index is 13.4. The van der Waals surface area contributed by atoms with E-state index >= 15 is 0 Å². The van der Waals surface area contributed by atoms with Crippen LogP contribution >= 0.6 is 11.6 Å². The third kappa shape index (κ3) is 4.01. The molecule has 170 valence electrons. The fourth-order valence-electron chi connectivity index (χ4n) is 4.31. The molecule has 5 rings (SSSR count). The molecule has 0 N–H and O–H groups in total. The van der Waals surface area contributed by atoms with E-state index in [1.54, 1.807) is 18.3 Å². The molecule has 0 aliphatic carbocycles. The van der Waals surface area contributed by atoms with Crippen molar-refractivity contribution in [3.8, 4) is 22.8 Å². The van der Waals surface area contributed by atoms with E-state index in [0.717, 1.165) is 11.3 Å². The van der Waals surface area contributed by atoms with Gasteiger partial charge < -0.3 is 9.09 Å². The van der Waals surface area contributed by atoms with Crippen molar-refractivity contribution in [2.24, 2.45) is 0 Å². The van der Waals surface area contributed by atoms with Crippen molar-refractivity contribution in [2.75, 3.05) is 0 Å². The first-order chi connectivity index (χ1) is 16.3. The maximum Gasteiger partial charge on any atom is 0.263 e. The predicted molar refractivity (Wildman–Crippen MR) is 134 cm³/mol. The highest BCUT2D eigenvalue weighted by Gasteiger charge is 2.19. The molecular weight excluding hydrogens is 448 g/mol. The molecule has 34 heavy (non-hydrogen) atoms. The van der Waals surface area contributed by atoms with Crippen LogP contribution in [-0.2, 0) is 6.54 Å². The normalized spacial score (nSPS) is 11.3. The third-order valence-corrected chi connectivity index (χ3v) is 6.24. The molecule has 3 heterocycles. The molecule has 0 spiro atoms. The van der Waals surface area contributed by atoms with Gasteiger partial charge in [-0.3, -0.25) is 4.79 Å². The Balaban J connectivity index is 1.67. The zero-order valence-electron chi connectivity index (χ0n) is 19.4. The van der Waals surface area contributed by atoms with Crippen LogP contribution in [0.4, 0.5) is 0 Å². The van der Waals surface area contributed by atoms with Crippen LogP contribution in [0.5, 0.6) is 0 Å². The number of rotatable bonds is 4. The highest BCUT2D eigenvalue weighted by molar-refractivity contribution is 6.30. The average molecular weight is 471 g/mol. The molecule has 0 bridgehead atoms. The topological polar surface area (TPSA) is 73.8 Å². The Morgan fingerprint density at radius 2 is 1.65 bits per heavy atom. The van der Waals surface area contributed by atoms with Crippen LogP contribution in [0, 0.1) is 27.7 Å². The predicted octanol–water partition coefficient (Wildman–Crippen LogP) is 6.05. The second-order valence-corrected chi connectivity index (χ2v) is 9.07. The lowest BCUT2D eigenvalue weighted by atomic mass is 9.99.